The fourth-order valence-electron chi connectivity index (χ4n) is 1.84. The van der Waals surface area contributed by atoms with Crippen LogP contribution in [-0.2, 0) is 11.0 Å². The van der Waals surface area contributed by atoms with Crippen LogP contribution in [0.25, 0.3) is 0 Å². The number of nitrogens with zero attached hydrogens (tertiary/aromatic N) is 2. The molecule has 0 aliphatic rings. The van der Waals surface area contributed by atoms with E-state index in [9.17, 15) is 18.0 Å². The molecule has 140 valence electrons. The molecule has 0 spiro atoms. The first-order valence-corrected chi connectivity index (χ1v) is 8.44. The zero-order chi connectivity index (χ0) is 19.0. The summed E-state index contributed by atoms with van der Waals surface area (Å²) in [5.41, 5.74) is -1.04. The number of carbonyl (C=O) groups excluding carboxylic acids is 1. The summed E-state index contributed by atoms with van der Waals surface area (Å²) in [5.74, 6) is 0.669. The zero-order valence-electron chi connectivity index (χ0n) is 13.7. The Hall–Kier alpha value is -2.49. The summed E-state index contributed by atoms with van der Waals surface area (Å²) >= 11 is 0.824. The molecule has 2 rings (SSSR count). The molecule has 0 aliphatic heterocycles. The summed E-state index contributed by atoms with van der Waals surface area (Å²) in [6.07, 6.45) is -3.53. The normalized spacial score (nSPS) is 11.1. The summed E-state index contributed by atoms with van der Waals surface area (Å²) < 4.78 is 48.3. The molecule has 0 saturated carbocycles. The first-order chi connectivity index (χ1) is 12.4. The van der Waals surface area contributed by atoms with Gasteiger partial charge in [0.15, 0.2) is 16.7 Å². The van der Waals surface area contributed by atoms with Crippen molar-refractivity contribution in [3.8, 4) is 11.5 Å². The number of methoxy groups -OCH3 is 1. The van der Waals surface area contributed by atoms with Crippen LogP contribution in [-0.4, -0.2) is 41.9 Å². The van der Waals surface area contributed by atoms with Gasteiger partial charge in [-0.15, -0.1) is 0 Å². The third-order valence-electron chi connectivity index (χ3n) is 3.01. The summed E-state index contributed by atoms with van der Waals surface area (Å²) in [6, 6.07) is 7.86. The number of alkyl halides is 3. The minimum atomic E-state index is -4.55. The summed E-state index contributed by atoms with van der Waals surface area (Å²) in [7, 11) is 1.52. The Bertz CT molecular complexity index is 744. The fraction of sp³-hybridized carbons (Fsp3) is 0.312. The monoisotopic (exact) mass is 387 g/mol. The average Bonchev–Trinajstić information content (AvgIpc) is 2.63. The predicted octanol–water partition coefficient (Wildman–Crippen LogP) is 2.79. The molecule has 0 aliphatic carbocycles. The van der Waals surface area contributed by atoms with Crippen LogP contribution >= 0.6 is 11.8 Å². The van der Waals surface area contributed by atoms with Crippen molar-refractivity contribution in [3.05, 3.63) is 42.2 Å². The molecule has 10 heteroatoms. The molecule has 0 saturated heterocycles. The van der Waals surface area contributed by atoms with Gasteiger partial charge in [-0.3, -0.25) is 4.79 Å². The maximum atomic E-state index is 12.6. The smallest absolute Gasteiger partial charge is 0.433 e. The van der Waals surface area contributed by atoms with Crippen molar-refractivity contribution in [2.24, 2.45) is 0 Å². The van der Waals surface area contributed by atoms with Gasteiger partial charge >= 0.3 is 6.18 Å². The SMILES string of the molecule is COc1ccccc1OCCNC(=O)CSc1nccc(C(F)(F)F)n1. The van der Waals surface area contributed by atoms with Crippen LogP contribution in [0.1, 0.15) is 5.69 Å². The van der Waals surface area contributed by atoms with Gasteiger partial charge in [0.1, 0.15) is 12.3 Å². The first kappa shape index (κ1) is 19.8. The van der Waals surface area contributed by atoms with Crippen LogP contribution in [0.5, 0.6) is 11.5 Å². The number of rotatable bonds is 8. The quantitative estimate of drug-likeness (QED) is 0.427. The summed E-state index contributed by atoms with van der Waals surface area (Å²) in [4.78, 5) is 18.8. The topological polar surface area (TPSA) is 73.3 Å². The molecule has 1 aromatic carbocycles. The predicted molar refractivity (Wildman–Crippen MR) is 89.3 cm³/mol. The molecular formula is C16H16F3N3O3S. The van der Waals surface area contributed by atoms with Crippen molar-refractivity contribution in [2.75, 3.05) is 26.0 Å². The number of amides is 1. The second kappa shape index (κ2) is 9.27. The van der Waals surface area contributed by atoms with Crippen LogP contribution in [0.4, 0.5) is 13.2 Å². The average molecular weight is 387 g/mol. The number of nitrogens with one attached hydrogen (secondary N) is 1. The van der Waals surface area contributed by atoms with E-state index in [4.69, 9.17) is 9.47 Å². The maximum absolute atomic E-state index is 12.6. The van der Waals surface area contributed by atoms with Crippen molar-refractivity contribution < 1.29 is 27.4 Å². The lowest BCUT2D eigenvalue weighted by atomic mass is 10.3. The molecule has 0 fully saturated rings. The summed E-state index contributed by atoms with van der Waals surface area (Å²) in [6.45, 7) is 0.456. The molecule has 2 aromatic rings. The Balaban J connectivity index is 1.73. The third-order valence-corrected chi connectivity index (χ3v) is 3.87. The van der Waals surface area contributed by atoms with Crippen LogP contribution in [0, 0.1) is 0 Å². The Morgan fingerprint density at radius 2 is 1.96 bits per heavy atom. The molecule has 1 N–H and O–H groups in total. The Kier molecular flexibility index (Phi) is 7.07. The lowest BCUT2D eigenvalue weighted by Gasteiger charge is -2.10. The number of ether oxygens (including phenoxy) is 2. The number of benzene rings is 1. The van der Waals surface area contributed by atoms with Gasteiger partial charge in [0, 0.05) is 6.20 Å². The highest BCUT2D eigenvalue weighted by molar-refractivity contribution is 7.99. The van der Waals surface area contributed by atoms with Crippen molar-refractivity contribution in [2.45, 2.75) is 11.3 Å². The van der Waals surface area contributed by atoms with E-state index in [0.717, 1.165) is 24.0 Å². The van der Waals surface area contributed by atoms with E-state index in [0.29, 0.717) is 11.5 Å². The first-order valence-electron chi connectivity index (χ1n) is 7.45. The van der Waals surface area contributed by atoms with E-state index in [-0.39, 0.29) is 30.0 Å². The largest absolute Gasteiger partial charge is 0.493 e. The Morgan fingerprint density at radius 1 is 1.23 bits per heavy atom. The van der Waals surface area contributed by atoms with Crippen molar-refractivity contribution in [1.82, 2.24) is 15.3 Å². The molecule has 26 heavy (non-hydrogen) atoms. The van der Waals surface area contributed by atoms with Gasteiger partial charge in [-0.25, -0.2) is 9.97 Å². The molecule has 0 atom stereocenters. The van der Waals surface area contributed by atoms with Gasteiger partial charge < -0.3 is 14.8 Å². The van der Waals surface area contributed by atoms with Gasteiger partial charge in [0.2, 0.25) is 5.91 Å². The van der Waals surface area contributed by atoms with E-state index in [1.54, 1.807) is 24.3 Å². The minimum Gasteiger partial charge on any atom is -0.493 e. The molecule has 0 unspecified atom stereocenters. The van der Waals surface area contributed by atoms with Gasteiger partial charge in [-0.05, 0) is 18.2 Å². The number of halogens is 3. The number of thioether (sulfide) groups is 1. The van der Waals surface area contributed by atoms with E-state index in [2.05, 4.69) is 15.3 Å². The number of para-hydroxylation sites is 2. The zero-order valence-corrected chi connectivity index (χ0v) is 14.6. The molecule has 1 heterocycles. The molecule has 1 aromatic heterocycles. The van der Waals surface area contributed by atoms with Crippen molar-refractivity contribution in [3.63, 3.8) is 0 Å². The maximum Gasteiger partial charge on any atom is 0.433 e. The fourth-order valence-corrected chi connectivity index (χ4v) is 2.50. The Morgan fingerprint density at radius 3 is 2.65 bits per heavy atom. The van der Waals surface area contributed by atoms with Crippen molar-refractivity contribution >= 4 is 17.7 Å². The second-order valence-electron chi connectivity index (χ2n) is 4.86. The number of carbonyl (C=O) groups is 1. The number of hydrogen-bond donors (Lipinski definition) is 1. The molecule has 0 radical (unpaired) electrons. The highest BCUT2D eigenvalue weighted by atomic mass is 32.2. The molecule has 0 bridgehead atoms. The highest BCUT2D eigenvalue weighted by Crippen LogP contribution is 2.28. The summed E-state index contributed by atoms with van der Waals surface area (Å²) in [5, 5.41) is 2.49. The lowest BCUT2D eigenvalue weighted by Crippen LogP contribution is -2.29. The highest BCUT2D eigenvalue weighted by Gasteiger charge is 2.32. The second-order valence-corrected chi connectivity index (χ2v) is 5.80. The number of hydrogen-bond acceptors (Lipinski definition) is 6. The minimum absolute atomic E-state index is 0.101. The van der Waals surface area contributed by atoms with E-state index < -0.39 is 11.9 Å². The Labute approximate surface area is 152 Å². The molecule has 1 amide bonds. The van der Waals surface area contributed by atoms with Gasteiger partial charge in [-0.1, -0.05) is 23.9 Å². The van der Waals surface area contributed by atoms with Crippen LogP contribution in [0.2, 0.25) is 0 Å². The lowest BCUT2D eigenvalue weighted by molar-refractivity contribution is -0.141. The standard InChI is InChI=1S/C16H16F3N3O3S/c1-24-11-4-2-3-5-12(11)25-9-8-20-14(23)10-26-15-21-7-6-13(22-15)16(17,18)19/h2-7H,8-10H2,1H3,(H,20,23). The van der Waals surface area contributed by atoms with Gasteiger partial charge in [0.05, 0.1) is 19.4 Å². The van der Waals surface area contributed by atoms with Crippen LogP contribution < -0.4 is 14.8 Å². The van der Waals surface area contributed by atoms with Crippen molar-refractivity contribution in [1.29, 1.82) is 0 Å². The van der Waals surface area contributed by atoms with Gasteiger partial charge in [0.25, 0.3) is 0 Å². The van der Waals surface area contributed by atoms with Crippen LogP contribution in [0.15, 0.2) is 41.7 Å². The molecule has 6 nitrogen and oxygen atoms in total. The van der Waals surface area contributed by atoms with Crippen LogP contribution in [0.3, 0.4) is 0 Å². The third kappa shape index (κ3) is 6.10. The van der Waals surface area contributed by atoms with Gasteiger partial charge in [-0.2, -0.15) is 13.2 Å². The molecular weight excluding hydrogens is 371 g/mol. The van der Waals surface area contributed by atoms with E-state index >= 15 is 0 Å². The van der Waals surface area contributed by atoms with E-state index in [1.807, 2.05) is 0 Å². The van der Waals surface area contributed by atoms with E-state index in [1.165, 1.54) is 7.11 Å². The number of aromatic nitrogens is 2.